The van der Waals surface area contributed by atoms with Gasteiger partial charge in [-0.05, 0) is 48.6 Å². The second-order valence-corrected chi connectivity index (χ2v) is 9.26. The largest absolute Gasteiger partial charge is 0.325 e. The maximum Gasteiger partial charge on any atom is 0.234 e. The van der Waals surface area contributed by atoms with Gasteiger partial charge in [0.15, 0.2) is 11.0 Å². The minimum Gasteiger partial charge on any atom is -0.325 e. The number of anilines is 1. The molecule has 6 nitrogen and oxygen atoms in total. The molecule has 0 saturated heterocycles. The first-order valence-electron chi connectivity index (χ1n) is 11.0. The van der Waals surface area contributed by atoms with E-state index >= 15 is 0 Å². The summed E-state index contributed by atoms with van der Waals surface area (Å²) in [5.74, 6) is 1.60. The minimum atomic E-state index is -0.0362. The SMILES string of the molecule is CC(C)c1ccc(NC(=O)CSc2nnc(-c3ccncc3)n2C2CCCCC2)cc1. The Morgan fingerprint density at radius 1 is 1.06 bits per heavy atom. The van der Waals surface area contributed by atoms with Gasteiger partial charge in [0.25, 0.3) is 0 Å². The van der Waals surface area contributed by atoms with Crippen molar-refractivity contribution in [3.63, 3.8) is 0 Å². The van der Waals surface area contributed by atoms with Crippen molar-refractivity contribution in [2.45, 2.75) is 63.1 Å². The van der Waals surface area contributed by atoms with E-state index in [1.165, 1.54) is 36.6 Å². The van der Waals surface area contributed by atoms with E-state index in [9.17, 15) is 4.79 Å². The zero-order valence-corrected chi connectivity index (χ0v) is 18.9. The topological polar surface area (TPSA) is 72.7 Å². The number of hydrogen-bond donors (Lipinski definition) is 1. The Kier molecular flexibility index (Phi) is 7.02. The predicted molar refractivity (Wildman–Crippen MR) is 125 cm³/mol. The molecule has 2 heterocycles. The van der Waals surface area contributed by atoms with Crippen LogP contribution in [0.1, 0.15) is 63.5 Å². The molecule has 0 atom stereocenters. The van der Waals surface area contributed by atoms with E-state index < -0.39 is 0 Å². The molecule has 1 aliphatic carbocycles. The van der Waals surface area contributed by atoms with E-state index in [1.807, 2.05) is 24.3 Å². The molecular weight excluding hydrogens is 406 g/mol. The fourth-order valence-corrected chi connectivity index (χ4v) is 4.83. The monoisotopic (exact) mass is 435 g/mol. The highest BCUT2D eigenvalue weighted by Gasteiger charge is 2.24. The number of nitrogens with zero attached hydrogens (tertiary/aromatic N) is 4. The molecule has 3 aromatic rings. The zero-order valence-electron chi connectivity index (χ0n) is 18.1. The smallest absolute Gasteiger partial charge is 0.234 e. The van der Waals surface area contributed by atoms with Crippen LogP contribution in [0.25, 0.3) is 11.4 Å². The Morgan fingerprint density at radius 3 is 2.45 bits per heavy atom. The molecule has 1 amide bonds. The third kappa shape index (κ3) is 5.34. The zero-order chi connectivity index (χ0) is 21.6. The second-order valence-electron chi connectivity index (χ2n) is 8.32. The van der Waals surface area contributed by atoms with Crippen LogP contribution in [-0.2, 0) is 4.79 Å². The summed E-state index contributed by atoms with van der Waals surface area (Å²) in [6.45, 7) is 4.32. The number of thioether (sulfide) groups is 1. The van der Waals surface area contributed by atoms with Crippen molar-refractivity contribution in [3.05, 3.63) is 54.4 Å². The van der Waals surface area contributed by atoms with Crippen molar-refractivity contribution in [2.75, 3.05) is 11.1 Å². The lowest BCUT2D eigenvalue weighted by Crippen LogP contribution is -2.17. The fraction of sp³-hybridized carbons (Fsp3) is 0.417. The normalized spacial score (nSPS) is 14.7. The highest BCUT2D eigenvalue weighted by atomic mass is 32.2. The lowest BCUT2D eigenvalue weighted by Gasteiger charge is -2.25. The van der Waals surface area contributed by atoms with E-state index in [1.54, 1.807) is 12.4 Å². The van der Waals surface area contributed by atoms with Crippen LogP contribution in [0.4, 0.5) is 5.69 Å². The average molecular weight is 436 g/mol. The van der Waals surface area contributed by atoms with Crippen LogP contribution in [0.3, 0.4) is 0 Å². The van der Waals surface area contributed by atoms with Gasteiger partial charge in [0.05, 0.1) is 5.75 Å². The van der Waals surface area contributed by atoms with Crippen LogP contribution in [0.15, 0.2) is 53.9 Å². The predicted octanol–water partition coefficient (Wildman–Crippen LogP) is 5.70. The van der Waals surface area contributed by atoms with Crippen LogP contribution < -0.4 is 5.32 Å². The molecule has 0 spiro atoms. The Bertz CT molecular complexity index is 995. The van der Waals surface area contributed by atoms with Gasteiger partial charge in [0, 0.05) is 29.7 Å². The number of benzene rings is 1. The number of aromatic nitrogens is 4. The minimum absolute atomic E-state index is 0.0362. The molecule has 0 radical (unpaired) electrons. The quantitative estimate of drug-likeness (QED) is 0.482. The van der Waals surface area contributed by atoms with Gasteiger partial charge in [-0.1, -0.05) is 57.0 Å². The summed E-state index contributed by atoms with van der Waals surface area (Å²) in [7, 11) is 0. The molecule has 1 aromatic carbocycles. The molecular formula is C24H29N5OS. The molecule has 0 bridgehead atoms. The van der Waals surface area contributed by atoms with Crippen molar-refractivity contribution in [3.8, 4) is 11.4 Å². The summed E-state index contributed by atoms with van der Waals surface area (Å²) in [4.78, 5) is 16.7. The first-order valence-corrected chi connectivity index (χ1v) is 12.0. The Labute approximate surface area is 187 Å². The van der Waals surface area contributed by atoms with Crippen molar-refractivity contribution < 1.29 is 4.79 Å². The molecule has 31 heavy (non-hydrogen) atoms. The van der Waals surface area contributed by atoms with Gasteiger partial charge in [0.1, 0.15) is 0 Å². The van der Waals surface area contributed by atoms with Crippen molar-refractivity contribution in [2.24, 2.45) is 0 Å². The lowest BCUT2D eigenvalue weighted by molar-refractivity contribution is -0.113. The average Bonchev–Trinajstić information content (AvgIpc) is 3.23. The summed E-state index contributed by atoms with van der Waals surface area (Å²) < 4.78 is 2.24. The standard InChI is InChI=1S/C24H29N5OS/c1-17(2)18-8-10-20(11-9-18)26-22(30)16-31-24-28-27-23(19-12-14-25-15-13-19)29(24)21-6-4-3-5-7-21/h8-15,17,21H,3-7,16H2,1-2H3,(H,26,30). The number of carbonyl (C=O) groups is 1. The first-order chi connectivity index (χ1) is 15.1. The van der Waals surface area contributed by atoms with Crippen LogP contribution in [0.5, 0.6) is 0 Å². The van der Waals surface area contributed by atoms with Gasteiger partial charge < -0.3 is 5.32 Å². The van der Waals surface area contributed by atoms with Gasteiger partial charge in [-0.25, -0.2) is 0 Å². The number of amides is 1. The van der Waals surface area contributed by atoms with E-state index in [-0.39, 0.29) is 5.91 Å². The second kappa shape index (κ2) is 10.1. The van der Waals surface area contributed by atoms with Gasteiger partial charge in [0.2, 0.25) is 5.91 Å². The molecule has 0 aliphatic heterocycles. The Hall–Kier alpha value is -2.67. The van der Waals surface area contributed by atoms with E-state index in [4.69, 9.17) is 0 Å². The van der Waals surface area contributed by atoms with Crippen molar-refractivity contribution >= 4 is 23.4 Å². The third-order valence-corrected chi connectivity index (χ3v) is 6.68. The van der Waals surface area contributed by atoms with Crippen LogP contribution >= 0.6 is 11.8 Å². The van der Waals surface area contributed by atoms with Crippen LogP contribution in [-0.4, -0.2) is 31.4 Å². The summed E-state index contributed by atoms with van der Waals surface area (Å²) in [5, 5.41) is 12.7. The molecule has 1 aliphatic rings. The lowest BCUT2D eigenvalue weighted by atomic mass is 9.95. The van der Waals surface area contributed by atoms with E-state index in [0.29, 0.717) is 17.7 Å². The number of rotatable bonds is 7. The molecule has 0 unspecified atom stereocenters. The maximum atomic E-state index is 12.6. The molecule has 2 aromatic heterocycles. The fourth-order valence-electron chi connectivity index (χ4n) is 4.02. The Balaban J connectivity index is 1.47. The van der Waals surface area contributed by atoms with E-state index in [0.717, 1.165) is 35.1 Å². The van der Waals surface area contributed by atoms with E-state index in [2.05, 4.69) is 51.0 Å². The summed E-state index contributed by atoms with van der Waals surface area (Å²) >= 11 is 1.45. The number of nitrogens with one attached hydrogen (secondary N) is 1. The van der Waals surface area contributed by atoms with Gasteiger partial charge in [-0.3, -0.25) is 14.3 Å². The van der Waals surface area contributed by atoms with Crippen molar-refractivity contribution in [1.82, 2.24) is 19.7 Å². The summed E-state index contributed by atoms with van der Waals surface area (Å²) in [5.41, 5.74) is 3.09. The van der Waals surface area contributed by atoms with Crippen molar-refractivity contribution in [1.29, 1.82) is 0 Å². The number of pyridine rings is 1. The third-order valence-electron chi connectivity index (χ3n) is 5.74. The summed E-state index contributed by atoms with van der Waals surface area (Å²) in [6.07, 6.45) is 9.52. The molecule has 7 heteroatoms. The molecule has 1 saturated carbocycles. The number of carbonyl (C=O) groups excluding carboxylic acids is 1. The molecule has 162 valence electrons. The summed E-state index contributed by atoms with van der Waals surface area (Å²) in [6, 6.07) is 12.4. The number of hydrogen-bond acceptors (Lipinski definition) is 5. The molecule has 4 rings (SSSR count). The van der Waals surface area contributed by atoms with Crippen LogP contribution in [0, 0.1) is 0 Å². The van der Waals surface area contributed by atoms with Gasteiger partial charge in [-0.2, -0.15) is 0 Å². The highest BCUT2D eigenvalue weighted by Crippen LogP contribution is 2.35. The highest BCUT2D eigenvalue weighted by molar-refractivity contribution is 7.99. The Morgan fingerprint density at radius 2 is 1.77 bits per heavy atom. The van der Waals surface area contributed by atoms with Gasteiger partial charge >= 0.3 is 0 Å². The van der Waals surface area contributed by atoms with Gasteiger partial charge in [-0.15, -0.1) is 10.2 Å². The maximum absolute atomic E-state index is 12.6. The molecule has 1 N–H and O–H groups in total. The first kappa shape index (κ1) is 21.6. The molecule has 1 fully saturated rings. The van der Waals surface area contributed by atoms with Crippen LogP contribution in [0.2, 0.25) is 0 Å².